The number of carbonyl (C=O) groups excluding carboxylic acids is 1. The predicted molar refractivity (Wildman–Crippen MR) is 133 cm³/mol. The Bertz CT molecular complexity index is 1230. The third kappa shape index (κ3) is 4.77. The fraction of sp³-hybridized carbons (Fsp3) is 0.269. The summed E-state index contributed by atoms with van der Waals surface area (Å²) in [7, 11) is 1.99. The number of hydrogen-bond donors (Lipinski definition) is 0. The lowest BCUT2D eigenvalue weighted by Crippen LogP contribution is -2.24. The standard InChI is InChI=1S/C26H27FN4O2S/c1-5-14-31-24(16-33-20-12-10-18(27)11-13-20)28-29-25(31)34-17-19(32)15-23-26(2,3)21-8-6-7-9-22(21)30(23)4/h5-13,15H,1,14,16-17H2,2-4H3. The number of para-hydroxylation sites is 1. The van der Waals surface area contributed by atoms with E-state index >= 15 is 0 Å². The molecule has 1 aliphatic heterocycles. The van der Waals surface area contributed by atoms with Crippen LogP contribution in [-0.2, 0) is 23.4 Å². The Labute approximate surface area is 203 Å². The van der Waals surface area contributed by atoms with Crippen LogP contribution < -0.4 is 9.64 Å². The van der Waals surface area contributed by atoms with Gasteiger partial charge >= 0.3 is 0 Å². The van der Waals surface area contributed by atoms with Crippen molar-refractivity contribution in [2.24, 2.45) is 0 Å². The van der Waals surface area contributed by atoms with Gasteiger partial charge in [-0.2, -0.15) is 0 Å². The van der Waals surface area contributed by atoms with Crippen LogP contribution in [0, 0.1) is 5.82 Å². The highest BCUT2D eigenvalue weighted by Gasteiger charge is 2.38. The first-order valence-corrected chi connectivity index (χ1v) is 11.9. The number of ether oxygens (including phenoxy) is 1. The Kier molecular flexibility index (Phi) is 6.88. The van der Waals surface area contributed by atoms with Gasteiger partial charge in [0.25, 0.3) is 0 Å². The number of allylic oxidation sites excluding steroid dienone is 3. The maximum atomic E-state index is 13.1. The number of benzene rings is 2. The summed E-state index contributed by atoms with van der Waals surface area (Å²) in [5.74, 6) is 1.05. The summed E-state index contributed by atoms with van der Waals surface area (Å²) >= 11 is 1.33. The number of hydrogen-bond acceptors (Lipinski definition) is 6. The molecule has 0 fully saturated rings. The number of carbonyl (C=O) groups is 1. The fourth-order valence-corrected chi connectivity index (χ4v) is 4.90. The van der Waals surface area contributed by atoms with Crippen molar-refractivity contribution in [3.8, 4) is 5.75 Å². The van der Waals surface area contributed by atoms with Gasteiger partial charge < -0.3 is 9.64 Å². The first-order chi connectivity index (χ1) is 16.3. The first-order valence-electron chi connectivity index (χ1n) is 10.9. The second-order valence-corrected chi connectivity index (χ2v) is 9.47. The Morgan fingerprint density at radius 2 is 1.91 bits per heavy atom. The summed E-state index contributed by atoms with van der Waals surface area (Å²) in [4.78, 5) is 15.0. The predicted octanol–water partition coefficient (Wildman–Crippen LogP) is 5.15. The van der Waals surface area contributed by atoms with Gasteiger partial charge in [0, 0.05) is 36.5 Å². The zero-order chi connectivity index (χ0) is 24.3. The molecule has 0 N–H and O–H groups in total. The van der Waals surface area contributed by atoms with Crippen molar-refractivity contribution in [2.45, 2.75) is 37.6 Å². The third-order valence-electron chi connectivity index (χ3n) is 5.87. The average Bonchev–Trinajstić information content (AvgIpc) is 3.29. The minimum Gasteiger partial charge on any atom is -0.486 e. The Morgan fingerprint density at radius 3 is 2.62 bits per heavy atom. The molecular formula is C26H27FN4O2S. The number of likely N-dealkylation sites (N-methyl/N-ethyl adjacent to an activating group) is 1. The molecule has 3 aromatic rings. The van der Waals surface area contributed by atoms with Gasteiger partial charge in [-0.15, -0.1) is 16.8 Å². The molecular weight excluding hydrogens is 451 g/mol. The Balaban J connectivity index is 1.44. The molecule has 0 spiro atoms. The van der Waals surface area contributed by atoms with Crippen molar-refractivity contribution < 1.29 is 13.9 Å². The van der Waals surface area contributed by atoms with Gasteiger partial charge in [0.15, 0.2) is 16.8 Å². The van der Waals surface area contributed by atoms with E-state index in [1.165, 1.54) is 29.5 Å². The van der Waals surface area contributed by atoms with E-state index < -0.39 is 0 Å². The van der Waals surface area contributed by atoms with E-state index in [4.69, 9.17) is 4.74 Å². The maximum Gasteiger partial charge on any atom is 0.192 e. The molecule has 0 atom stereocenters. The second-order valence-electron chi connectivity index (χ2n) is 8.53. The second kappa shape index (κ2) is 9.85. The van der Waals surface area contributed by atoms with Crippen LogP contribution in [0.15, 0.2) is 78.1 Å². The smallest absolute Gasteiger partial charge is 0.192 e. The number of fused-ring (bicyclic) bond motifs is 1. The van der Waals surface area contributed by atoms with Gasteiger partial charge in [-0.25, -0.2) is 4.39 Å². The van der Waals surface area contributed by atoms with E-state index in [9.17, 15) is 9.18 Å². The number of rotatable bonds is 9. The van der Waals surface area contributed by atoms with E-state index in [2.05, 4.69) is 47.7 Å². The molecule has 4 rings (SSSR count). The molecule has 2 aromatic carbocycles. The van der Waals surface area contributed by atoms with Crippen LogP contribution in [-0.4, -0.2) is 33.3 Å². The summed E-state index contributed by atoms with van der Waals surface area (Å²) in [6, 6.07) is 14.0. The molecule has 0 radical (unpaired) electrons. The van der Waals surface area contributed by atoms with Gasteiger partial charge in [-0.05, 0) is 35.9 Å². The lowest BCUT2D eigenvalue weighted by atomic mass is 9.83. The van der Waals surface area contributed by atoms with Crippen molar-refractivity contribution >= 4 is 23.2 Å². The molecule has 1 aliphatic rings. The third-order valence-corrected chi connectivity index (χ3v) is 6.86. The first kappa shape index (κ1) is 23.8. The van der Waals surface area contributed by atoms with Crippen LogP contribution in [0.3, 0.4) is 0 Å². The average molecular weight is 479 g/mol. The molecule has 0 bridgehead atoms. The monoisotopic (exact) mass is 478 g/mol. The van der Waals surface area contributed by atoms with Gasteiger partial charge in [-0.1, -0.05) is 49.9 Å². The van der Waals surface area contributed by atoms with Crippen molar-refractivity contribution in [3.05, 3.63) is 90.2 Å². The number of nitrogens with zero attached hydrogens (tertiary/aromatic N) is 4. The Morgan fingerprint density at radius 1 is 1.18 bits per heavy atom. The van der Waals surface area contributed by atoms with Crippen LogP contribution in [0.5, 0.6) is 5.75 Å². The molecule has 0 saturated carbocycles. The maximum absolute atomic E-state index is 13.1. The molecule has 1 aromatic heterocycles. The van der Waals surface area contributed by atoms with E-state index in [1.807, 2.05) is 23.7 Å². The topological polar surface area (TPSA) is 60.2 Å². The number of anilines is 1. The largest absolute Gasteiger partial charge is 0.486 e. The molecule has 8 heteroatoms. The van der Waals surface area contributed by atoms with Crippen molar-refractivity contribution in [3.63, 3.8) is 0 Å². The Hall–Kier alpha value is -3.39. The molecule has 6 nitrogen and oxygen atoms in total. The van der Waals surface area contributed by atoms with Crippen LogP contribution >= 0.6 is 11.8 Å². The van der Waals surface area contributed by atoms with Crippen LogP contribution in [0.4, 0.5) is 10.1 Å². The highest BCUT2D eigenvalue weighted by molar-refractivity contribution is 7.99. The van der Waals surface area contributed by atoms with E-state index in [0.717, 1.165) is 11.4 Å². The zero-order valence-corrected chi connectivity index (χ0v) is 20.3. The summed E-state index contributed by atoms with van der Waals surface area (Å²) < 4.78 is 20.7. The van der Waals surface area contributed by atoms with Gasteiger partial charge in [0.05, 0.1) is 5.75 Å². The normalized spacial score (nSPS) is 15.4. The summed E-state index contributed by atoms with van der Waals surface area (Å²) in [6.07, 6.45) is 3.48. The minimum atomic E-state index is -0.323. The molecule has 0 amide bonds. The lowest BCUT2D eigenvalue weighted by Gasteiger charge is -2.23. The number of ketones is 1. The molecule has 0 unspecified atom stereocenters. The van der Waals surface area contributed by atoms with Gasteiger partial charge in [0.2, 0.25) is 0 Å². The van der Waals surface area contributed by atoms with E-state index in [1.54, 1.807) is 24.3 Å². The quantitative estimate of drug-likeness (QED) is 0.241. The number of thioether (sulfide) groups is 1. The summed E-state index contributed by atoms with van der Waals surface area (Å²) in [5, 5.41) is 9.08. The molecule has 0 aliphatic carbocycles. The van der Waals surface area contributed by atoms with E-state index in [-0.39, 0.29) is 29.4 Å². The zero-order valence-electron chi connectivity index (χ0n) is 19.5. The SMILES string of the molecule is C=CCn1c(COc2ccc(F)cc2)nnc1SCC(=O)C=C1N(C)c2ccccc2C1(C)C. The highest BCUT2D eigenvalue weighted by Crippen LogP contribution is 2.46. The van der Waals surface area contributed by atoms with Crippen molar-refractivity contribution in [2.75, 3.05) is 17.7 Å². The molecule has 2 heterocycles. The molecule has 176 valence electrons. The van der Waals surface area contributed by atoms with E-state index in [0.29, 0.717) is 23.3 Å². The minimum absolute atomic E-state index is 0.00463. The number of aromatic nitrogens is 3. The highest BCUT2D eigenvalue weighted by atomic mass is 32.2. The summed E-state index contributed by atoms with van der Waals surface area (Å²) in [6.45, 7) is 8.73. The molecule has 0 saturated heterocycles. The lowest BCUT2D eigenvalue weighted by molar-refractivity contribution is -0.112. The van der Waals surface area contributed by atoms with Gasteiger partial charge in [-0.3, -0.25) is 9.36 Å². The van der Waals surface area contributed by atoms with Crippen molar-refractivity contribution in [1.82, 2.24) is 14.8 Å². The number of halogens is 1. The summed E-state index contributed by atoms with van der Waals surface area (Å²) in [5.41, 5.74) is 3.05. The van der Waals surface area contributed by atoms with Crippen LogP contribution in [0.25, 0.3) is 0 Å². The van der Waals surface area contributed by atoms with Crippen molar-refractivity contribution in [1.29, 1.82) is 0 Å². The van der Waals surface area contributed by atoms with Crippen LogP contribution in [0.2, 0.25) is 0 Å². The fourth-order valence-electron chi connectivity index (χ4n) is 4.11. The molecule has 34 heavy (non-hydrogen) atoms. The van der Waals surface area contributed by atoms with Gasteiger partial charge in [0.1, 0.15) is 18.2 Å². The van der Waals surface area contributed by atoms with Crippen LogP contribution in [0.1, 0.15) is 25.2 Å².